The highest BCUT2D eigenvalue weighted by atomic mass is 16.5. The average Bonchev–Trinajstić information content (AvgIpc) is 2.68. The predicted octanol–water partition coefficient (Wildman–Crippen LogP) is 4.53. The molecule has 136 valence electrons. The summed E-state index contributed by atoms with van der Waals surface area (Å²) in [5.74, 6) is 0.598. The maximum Gasteiger partial charge on any atom is 0.314 e. The van der Waals surface area contributed by atoms with Gasteiger partial charge in [0.15, 0.2) is 0 Å². The summed E-state index contributed by atoms with van der Waals surface area (Å²) < 4.78 is 5.59. The van der Waals surface area contributed by atoms with E-state index in [0.29, 0.717) is 29.9 Å². The SMILES string of the molecule is N#Cc1ccc(-c2ccc(OC(=O)C3C[C@H]4CCC[C@@H](C3)C4=O)cc2)cc1. The predicted molar refractivity (Wildman–Crippen MR) is 101 cm³/mol. The summed E-state index contributed by atoms with van der Waals surface area (Å²) >= 11 is 0. The molecule has 0 radical (unpaired) electrons. The van der Waals surface area contributed by atoms with Crippen LogP contribution in [0.5, 0.6) is 5.75 Å². The minimum absolute atomic E-state index is 0.0498. The van der Waals surface area contributed by atoms with E-state index in [-0.39, 0.29) is 23.7 Å². The van der Waals surface area contributed by atoms with E-state index in [4.69, 9.17) is 10.00 Å². The first kappa shape index (κ1) is 17.5. The van der Waals surface area contributed by atoms with E-state index in [0.717, 1.165) is 30.4 Å². The van der Waals surface area contributed by atoms with Crippen LogP contribution in [0.4, 0.5) is 0 Å². The second-order valence-corrected chi connectivity index (χ2v) is 7.53. The Kier molecular flexibility index (Phi) is 4.77. The lowest BCUT2D eigenvalue weighted by Crippen LogP contribution is -2.40. The van der Waals surface area contributed by atoms with Gasteiger partial charge in [0.1, 0.15) is 11.5 Å². The highest BCUT2D eigenvalue weighted by molar-refractivity contribution is 5.87. The Morgan fingerprint density at radius 2 is 1.48 bits per heavy atom. The van der Waals surface area contributed by atoms with Gasteiger partial charge in [-0.25, -0.2) is 0 Å². The van der Waals surface area contributed by atoms with Gasteiger partial charge < -0.3 is 4.74 Å². The van der Waals surface area contributed by atoms with Gasteiger partial charge >= 0.3 is 5.97 Å². The maximum absolute atomic E-state index is 12.6. The minimum Gasteiger partial charge on any atom is -0.426 e. The van der Waals surface area contributed by atoms with Crippen molar-refractivity contribution in [3.63, 3.8) is 0 Å². The summed E-state index contributed by atoms with van der Waals surface area (Å²) in [6.07, 6.45) is 4.20. The maximum atomic E-state index is 12.6. The number of Topliss-reactive ketones (excluding diaryl/α,β-unsaturated/α-hetero) is 1. The van der Waals surface area contributed by atoms with Crippen LogP contribution in [-0.2, 0) is 9.59 Å². The summed E-state index contributed by atoms with van der Waals surface area (Å²) in [6.45, 7) is 0. The molecule has 2 fully saturated rings. The third-order valence-electron chi connectivity index (χ3n) is 5.80. The van der Waals surface area contributed by atoms with Crippen LogP contribution in [0.1, 0.15) is 37.7 Å². The van der Waals surface area contributed by atoms with Crippen LogP contribution in [0.2, 0.25) is 0 Å². The lowest BCUT2D eigenvalue weighted by Gasteiger charge is -2.36. The van der Waals surface area contributed by atoms with Crippen molar-refractivity contribution in [3.8, 4) is 22.9 Å². The zero-order chi connectivity index (χ0) is 18.8. The van der Waals surface area contributed by atoms with Gasteiger partial charge in [0.2, 0.25) is 0 Å². The molecule has 4 nitrogen and oxygen atoms in total. The van der Waals surface area contributed by atoms with Crippen molar-refractivity contribution in [1.29, 1.82) is 5.26 Å². The molecule has 2 aliphatic carbocycles. The van der Waals surface area contributed by atoms with Crippen molar-refractivity contribution in [3.05, 3.63) is 54.1 Å². The van der Waals surface area contributed by atoms with Crippen molar-refractivity contribution < 1.29 is 14.3 Å². The largest absolute Gasteiger partial charge is 0.426 e. The van der Waals surface area contributed by atoms with Crippen molar-refractivity contribution in [1.82, 2.24) is 0 Å². The van der Waals surface area contributed by atoms with Gasteiger partial charge in [0.25, 0.3) is 0 Å². The van der Waals surface area contributed by atoms with E-state index in [1.54, 1.807) is 24.3 Å². The zero-order valence-electron chi connectivity index (χ0n) is 15.1. The van der Waals surface area contributed by atoms with Gasteiger partial charge in [0.05, 0.1) is 17.6 Å². The lowest BCUT2D eigenvalue weighted by atomic mass is 9.67. The van der Waals surface area contributed by atoms with Gasteiger partial charge in [-0.2, -0.15) is 5.26 Å². The van der Waals surface area contributed by atoms with Crippen LogP contribution in [-0.4, -0.2) is 11.8 Å². The van der Waals surface area contributed by atoms with Crippen LogP contribution in [0, 0.1) is 29.1 Å². The molecule has 0 heterocycles. The molecule has 0 aromatic heterocycles. The summed E-state index contributed by atoms with van der Waals surface area (Å²) in [5.41, 5.74) is 2.63. The molecule has 2 saturated carbocycles. The molecule has 3 atom stereocenters. The molecule has 2 aromatic carbocycles. The Hall–Kier alpha value is -2.93. The second kappa shape index (κ2) is 7.36. The van der Waals surface area contributed by atoms with Crippen LogP contribution in [0.3, 0.4) is 0 Å². The second-order valence-electron chi connectivity index (χ2n) is 7.53. The molecule has 0 saturated heterocycles. The number of esters is 1. The number of ketones is 1. The molecular weight excluding hydrogens is 338 g/mol. The van der Waals surface area contributed by atoms with Gasteiger partial charge in [-0.15, -0.1) is 0 Å². The Morgan fingerprint density at radius 3 is 2.04 bits per heavy atom. The molecule has 2 bridgehead atoms. The smallest absolute Gasteiger partial charge is 0.314 e. The third-order valence-corrected chi connectivity index (χ3v) is 5.80. The summed E-state index contributed by atoms with van der Waals surface area (Å²) in [7, 11) is 0. The molecule has 4 rings (SSSR count). The fourth-order valence-electron chi connectivity index (χ4n) is 4.32. The Morgan fingerprint density at radius 1 is 0.926 bits per heavy atom. The van der Waals surface area contributed by atoms with Gasteiger partial charge in [-0.1, -0.05) is 30.7 Å². The van der Waals surface area contributed by atoms with Crippen LogP contribution in [0.15, 0.2) is 48.5 Å². The molecular formula is C23H21NO3. The van der Waals surface area contributed by atoms with Gasteiger partial charge in [-0.05, 0) is 61.1 Å². The first-order valence-electron chi connectivity index (χ1n) is 9.50. The number of ether oxygens (including phenoxy) is 1. The number of carbonyl (C=O) groups excluding carboxylic acids is 2. The average molecular weight is 359 g/mol. The number of rotatable bonds is 3. The van der Waals surface area contributed by atoms with Crippen molar-refractivity contribution >= 4 is 11.8 Å². The summed E-state index contributed by atoms with van der Waals surface area (Å²) in [4.78, 5) is 24.7. The van der Waals surface area contributed by atoms with E-state index in [1.807, 2.05) is 24.3 Å². The van der Waals surface area contributed by atoms with Crippen molar-refractivity contribution in [2.45, 2.75) is 32.1 Å². The first-order chi connectivity index (χ1) is 13.1. The number of nitrogens with zero attached hydrogens (tertiary/aromatic N) is 1. The summed E-state index contributed by atoms with van der Waals surface area (Å²) in [6, 6.07) is 16.9. The first-order valence-corrected chi connectivity index (χ1v) is 9.50. The molecule has 0 amide bonds. The lowest BCUT2D eigenvalue weighted by molar-refractivity contribution is -0.145. The van der Waals surface area contributed by atoms with Crippen molar-refractivity contribution in [2.75, 3.05) is 0 Å². The van der Waals surface area contributed by atoms with Gasteiger partial charge in [-0.3, -0.25) is 9.59 Å². The van der Waals surface area contributed by atoms with Crippen LogP contribution in [0.25, 0.3) is 11.1 Å². The summed E-state index contributed by atoms with van der Waals surface area (Å²) in [5, 5.41) is 8.88. The topological polar surface area (TPSA) is 67.2 Å². The number of fused-ring (bicyclic) bond motifs is 2. The Bertz CT molecular complexity index is 877. The highest BCUT2D eigenvalue weighted by Crippen LogP contribution is 2.40. The molecule has 0 spiro atoms. The highest BCUT2D eigenvalue weighted by Gasteiger charge is 2.41. The van der Waals surface area contributed by atoms with E-state index in [9.17, 15) is 9.59 Å². The molecule has 4 heteroatoms. The van der Waals surface area contributed by atoms with E-state index >= 15 is 0 Å². The fourth-order valence-corrected chi connectivity index (χ4v) is 4.32. The quantitative estimate of drug-likeness (QED) is 0.597. The van der Waals surface area contributed by atoms with E-state index < -0.39 is 0 Å². The Labute approximate surface area is 158 Å². The van der Waals surface area contributed by atoms with Gasteiger partial charge in [0, 0.05) is 11.8 Å². The minimum atomic E-state index is -0.217. The molecule has 0 aliphatic heterocycles. The molecule has 2 aliphatic rings. The standard InChI is InChI=1S/C23H21NO3/c24-14-15-4-6-16(7-5-15)17-8-10-21(11-9-17)27-23(26)20-12-18-2-1-3-19(13-20)22(18)25/h4-11,18-20H,1-3,12-13H2/t18-,19+,20?. The van der Waals surface area contributed by atoms with Crippen molar-refractivity contribution in [2.24, 2.45) is 17.8 Å². The number of carbonyl (C=O) groups is 2. The third kappa shape index (κ3) is 3.64. The molecule has 0 N–H and O–H groups in total. The number of nitriles is 1. The van der Waals surface area contributed by atoms with E-state index in [1.165, 1.54) is 0 Å². The van der Waals surface area contributed by atoms with Crippen LogP contribution < -0.4 is 4.74 Å². The fraction of sp³-hybridized carbons (Fsp3) is 0.348. The number of benzene rings is 2. The number of hydrogen-bond acceptors (Lipinski definition) is 4. The molecule has 2 aromatic rings. The number of hydrogen-bond donors (Lipinski definition) is 0. The molecule has 27 heavy (non-hydrogen) atoms. The van der Waals surface area contributed by atoms with E-state index in [2.05, 4.69) is 6.07 Å². The monoisotopic (exact) mass is 359 g/mol. The Balaban J connectivity index is 1.41. The zero-order valence-corrected chi connectivity index (χ0v) is 15.1. The normalized spacial score (nSPS) is 24.1. The van der Waals surface area contributed by atoms with Crippen LogP contribution >= 0.6 is 0 Å². The molecule has 1 unspecified atom stereocenters.